The molecule has 0 spiro atoms. The summed E-state index contributed by atoms with van der Waals surface area (Å²) in [5, 5.41) is 12.7. The van der Waals surface area contributed by atoms with Gasteiger partial charge in [-0.05, 0) is 80.9 Å². The molecule has 0 fully saturated rings. The minimum atomic E-state index is -2.92. The molecule has 3 heterocycles. The Balaban J connectivity index is 1.13. The predicted octanol–water partition coefficient (Wildman–Crippen LogP) is 14.0. The second-order valence-corrected chi connectivity index (χ2v) is 22.2. The number of aromatic nitrogens is 3. The highest BCUT2D eigenvalue weighted by atomic mass is 28.3. The summed E-state index contributed by atoms with van der Waals surface area (Å²) < 4.78 is 7.54. The third kappa shape index (κ3) is 5.94. The van der Waals surface area contributed by atoms with E-state index in [9.17, 15) is 0 Å². The van der Waals surface area contributed by atoms with Gasteiger partial charge in [0.05, 0.1) is 44.5 Å². The first-order chi connectivity index (χ1) is 34.8. The normalized spacial score (nSPS) is 12.0. The number of fused-ring (bicyclic) bond motifs is 9. The molecular weight excluding hydrogens is 863 g/mol. The van der Waals surface area contributed by atoms with E-state index >= 15 is 0 Å². The Labute approximate surface area is 407 Å². The Kier molecular flexibility index (Phi) is 9.23. The van der Waals surface area contributed by atoms with Crippen molar-refractivity contribution in [3.05, 3.63) is 273 Å². The summed E-state index contributed by atoms with van der Waals surface area (Å²) in [6.07, 6.45) is 0. The zero-order chi connectivity index (χ0) is 46.2. The van der Waals surface area contributed by atoms with E-state index in [2.05, 4.69) is 287 Å². The molecule has 0 radical (unpaired) electrons. The maximum Gasteiger partial charge on any atom is 0.179 e. The zero-order valence-corrected chi connectivity index (χ0v) is 39.3. The molecule has 14 aromatic rings. The first-order valence-corrected chi connectivity index (χ1v) is 26.2. The van der Waals surface area contributed by atoms with Gasteiger partial charge < -0.3 is 13.7 Å². The van der Waals surface area contributed by atoms with Gasteiger partial charge in [-0.2, -0.15) is 0 Å². The molecule has 0 aliphatic rings. The van der Waals surface area contributed by atoms with Gasteiger partial charge >= 0.3 is 0 Å². The molecular formula is C66H45N3Si. The van der Waals surface area contributed by atoms with Crippen molar-refractivity contribution in [2.45, 2.75) is 0 Å². The summed E-state index contributed by atoms with van der Waals surface area (Å²) in [4.78, 5) is 0. The van der Waals surface area contributed by atoms with Crippen LogP contribution in [0.15, 0.2) is 273 Å². The van der Waals surface area contributed by atoms with Crippen molar-refractivity contribution in [1.29, 1.82) is 0 Å². The quantitative estimate of drug-likeness (QED) is 0.107. The average Bonchev–Trinajstić information content (AvgIpc) is 4.08. The van der Waals surface area contributed by atoms with E-state index < -0.39 is 8.07 Å². The molecule has 70 heavy (non-hydrogen) atoms. The van der Waals surface area contributed by atoms with Gasteiger partial charge in [-0.1, -0.05) is 218 Å². The molecule has 328 valence electrons. The minimum absolute atomic E-state index is 1.13. The largest absolute Gasteiger partial charge is 0.309 e. The molecule has 3 nitrogen and oxygen atoms in total. The van der Waals surface area contributed by atoms with Crippen molar-refractivity contribution in [2.24, 2.45) is 0 Å². The molecule has 4 heteroatoms. The third-order valence-electron chi connectivity index (χ3n) is 14.8. The van der Waals surface area contributed by atoms with Crippen LogP contribution in [0, 0.1) is 0 Å². The molecule has 3 aromatic heterocycles. The van der Waals surface area contributed by atoms with Gasteiger partial charge in [0.1, 0.15) is 0 Å². The summed E-state index contributed by atoms with van der Waals surface area (Å²) in [5.41, 5.74) is 12.8. The lowest BCUT2D eigenvalue weighted by Crippen LogP contribution is -2.74. The maximum absolute atomic E-state index is 2.92. The molecule has 0 saturated heterocycles. The fourth-order valence-electron chi connectivity index (χ4n) is 11.9. The van der Waals surface area contributed by atoms with Gasteiger partial charge in [-0.15, -0.1) is 0 Å². The molecule has 14 rings (SSSR count). The Hall–Kier alpha value is -8.96. The highest BCUT2D eigenvalue weighted by molar-refractivity contribution is 7.20. The van der Waals surface area contributed by atoms with Crippen LogP contribution in [-0.4, -0.2) is 21.8 Å². The van der Waals surface area contributed by atoms with Crippen molar-refractivity contribution < 1.29 is 0 Å². The first-order valence-electron chi connectivity index (χ1n) is 24.2. The SMILES string of the molecule is c1ccc(-c2ccccc2-n2c3ccccc3c3cccc(-n4c5ccc(-n6c7ccccc7c7ccccc76)cc5c5ccc([Si](c6ccccc6)(c6ccccc6)c6ccccc6)cc54)c32)cc1. The summed E-state index contributed by atoms with van der Waals surface area (Å²) >= 11 is 0. The standard InChI is InChI=1S/C66H45N3Si/c1-5-22-46(23-6-1)52-30-13-17-35-59(52)69-62-38-20-16-33-55(62)57-34-21-39-64(66(57)69)68-63-43-40-47(67-60-36-18-14-31-53(60)54-32-15-19-37-61(54)67)44-58(63)56-42-41-51(45-65(56)68)70(48-24-7-2-8-25-48,49-26-9-3-10-27-49)50-28-11-4-12-29-50/h1-45H. The highest BCUT2D eigenvalue weighted by Crippen LogP contribution is 2.42. The summed E-state index contributed by atoms with van der Waals surface area (Å²) in [6, 6.07) is 101. The summed E-state index contributed by atoms with van der Waals surface area (Å²) in [6.45, 7) is 0. The molecule has 0 N–H and O–H groups in total. The van der Waals surface area contributed by atoms with Crippen LogP contribution in [0.4, 0.5) is 0 Å². The van der Waals surface area contributed by atoms with Crippen molar-refractivity contribution in [3.8, 4) is 28.2 Å². The molecule has 0 amide bonds. The lowest BCUT2D eigenvalue weighted by molar-refractivity contribution is 1.13. The van der Waals surface area contributed by atoms with Crippen LogP contribution >= 0.6 is 0 Å². The smallest absolute Gasteiger partial charge is 0.179 e. The molecule has 11 aromatic carbocycles. The number of hydrogen-bond donors (Lipinski definition) is 0. The Morgan fingerprint density at radius 1 is 0.243 bits per heavy atom. The average molecular weight is 908 g/mol. The van der Waals surface area contributed by atoms with Gasteiger partial charge in [0.2, 0.25) is 0 Å². The summed E-state index contributed by atoms with van der Waals surface area (Å²) in [7, 11) is -2.92. The second-order valence-electron chi connectivity index (χ2n) is 18.4. The predicted molar refractivity (Wildman–Crippen MR) is 299 cm³/mol. The molecule has 0 atom stereocenters. The fraction of sp³-hybridized carbons (Fsp3) is 0. The van der Waals surface area contributed by atoms with Crippen LogP contribution in [0.2, 0.25) is 0 Å². The van der Waals surface area contributed by atoms with Crippen LogP contribution in [-0.2, 0) is 0 Å². The van der Waals surface area contributed by atoms with Crippen LogP contribution < -0.4 is 20.7 Å². The number of hydrogen-bond acceptors (Lipinski definition) is 0. The number of benzene rings is 11. The molecule has 0 aliphatic heterocycles. The van der Waals surface area contributed by atoms with Crippen LogP contribution in [0.1, 0.15) is 0 Å². The van der Waals surface area contributed by atoms with E-state index in [1.807, 2.05) is 0 Å². The Bertz CT molecular complexity index is 4130. The topological polar surface area (TPSA) is 14.8 Å². The van der Waals surface area contributed by atoms with Crippen LogP contribution in [0.5, 0.6) is 0 Å². The van der Waals surface area contributed by atoms with E-state index in [4.69, 9.17) is 0 Å². The first kappa shape index (κ1) is 40.1. The van der Waals surface area contributed by atoms with Gasteiger partial charge in [-0.25, -0.2) is 0 Å². The molecule has 0 saturated carbocycles. The van der Waals surface area contributed by atoms with Crippen molar-refractivity contribution in [1.82, 2.24) is 13.7 Å². The van der Waals surface area contributed by atoms with Crippen molar-refractivity contribution >= 4 is 94.2 Å². The van der Waals surface area contributed by atoms with E-state index in [-0.39, 0.29) is 0 Å². The van der Waals surface area contributed by atoms with Gasteiger partial charge in [0, 0.05) is 43.6 Å². The van der Waals surface area contributed by atoms with Crippen molar-refractivity contribution in [3.63, 3.8) is 0 Å². The van der Waals surface area contributed by atoms with E-state index in [0.29, 0.717) is 0 Å². The number of nitrogens with zero attached hydrogens (tertiary/aromatic N) is 3. The van der Waals surface area contributed by atoms with Gasteiger partial charge in [0.25, 0.3) is 0 Å². The number of para-hydroxylation sites is 5. The minimum Gasteiger partial charge on any atom is -0.309 e. The van der Waals surface area contributed by atoms with E-state index in [1.165, 1.54) is 91.8 Å². The second kappa shape index (κ2) is 16.1. The zero-order valence-electron chi connectivity index (χ0n) is 38.3. The third-order valence-corrected chi connectivity index (χ3v) is 19.6. The van der Waals surface area contributed by atoms with Gasteiger partial charge in [-0.3, -0.25) is 0 Å². The Morgan fingerprint density at radius 2 is 0.700 bits per heavy atom. The van der Waals surface area contributed by atoms with Gasteiger partial charge in [0.15, 0.2) is 8.07 Å². The molecule has 0 aliphatic carbocycles. The summed E-state index contributed by atoms with van der Waals surface area (Å²) in [5.74, 6) is 0. The van der Waals surface area contributed by atoms with E-state index in [1.54, 1.807) is 0 Å². The highest BCUT2D eigenvalue weighted by Gasteiger charge is 2.41. The lowest BCUT2D eigenvalue weighted by Gasteiger charge is -2.34. The maximum atomic E-state index is 2.58. The molecule has 0 bridgehead atoms. The number of rotatable bonds is 8. The lowest BCUT2D eigenvalue weighted by atomic mass is 10.0. The van der Waals surface area contributed by atoms with Crippen LogP contribution in [0.25, 0.3) is 93.6 Å². The van der Waals surface area contributed by atoms with E-state index in [0.717, 1.165) is 22.6 Å². The molecule has 0 unspecified atom stereocenters. The monoisotopic (exact) mass is 907 g/mol. The van der Waals surface area contributed by atoms with Crippen LogP contribution in [0.3, 0.4) is 0 Å². The van der Waals surface area contributed by atoms with Crippen molar-refractivity contribution in [2.75, 3.05) is 0 Å². The Morgan fingerprint density at radius 3 is 1.31 bits per heavy atom. The fourth-order valence-corrected chi connectivity index (χ4v) is 16.6.